The summed E-state index contributed by atoms with van der Waals surface area (Å²) in [6.45, 7) is 3.52. The van der Waals surface area contributed by atoms with Gasteiger partial charge in [-0.3, -0.25) is 0 Å². The van der Waals surface area contributed by atoms with E-state index in [2.05, 4.69) is 21.3 Å². The van der Waals surface area contributed by atoms with Crippen LogP contribution in [0.15, 0.2) is 35.4 Å². The topological polar surface area (TPSA) is 64.8 Å². The van der Waals surface area contributed by atoms with E-state index in [1.54, 1.807) is 0 Å². The van der Waals surface area contributed by atoms with Gasteiger partial charge in [-0.25, -0.2) is 9.97 Å². The van der Waals surface area contributed by atoms with Gasteiger partial charge in [0.1, 0.15) is 16.7 Å². The minimum atomic E-state index is 0.578. The van der Waals surface area contributed by atoms with Gasteiger partial charge in [0, 0.05) is 31.7 Å². The SMILES string of the molecule is CSc1nc(-c2ccccc2)nc(N2CCNCC2)c1C#N. The van der Waals surface area contributed by atoms with Crippen LogP contribution in [0.2, 0.25) is 0 Å². The first-order valence-corrected chi connectivity index (χ1v) is 8.43. The van der Waals surface area contributed by atoms with Gasteiger partial charge in [-0.05, 0) is 6.26 Å². The molecule has 0 radical (unpaired) electrons. The van der Waals surface area contributed by atoms with Gasteiger partial charge < -0.3 is 10.2 Å². The molecule has 3 rings (SSSR count). The van der Waals surface area contributed by atoms with Crippen LogP contribution in [-0.4, -0.2) is 42.4 Å². The molecule has 1 N–H and O–H groups in total. The van der Waals surface area contributed by atoms with Crippen molar-refractivity contribution in [2.45, 2.75) is 5.03 Å². The lowest BCUT2D eigenvalue weighted by Crippen LogP contribution is -2.44. The quantitative estimate of drug-likeness (QED) is 0.692. The number of nitrogens with zero attached hydrogens (tertiary/aromatic N) is 4. The largest absolute Gasteiger partial charge is 0.353 e. The Bertz CT molecular complexity index is 690. The first kappa shape index (κ1) is 14.8. The summed E-state index contributed by atoms with van der Waals surface area (Å²) in [6.07, 6.45) is 1.94. The van der Waals surface area contributed by atoms with Crippen LogP contribution in [0.5, 0.6) is 0 Å². The minimum Gasteiger partial charge on any atom is -0.353 e. The minimum absolute atomic E-state index is 0.578. The van der Waals surface area contributed by atoms with Gasteiger partial charge in [0.05, 0.1) is 0 Å². The molecule has 112 valence electrons. The Morgan fingerprint density at radius 1 is 1.18 bits per heavy atom. The molecule has 1 aliphatic heterocycles. The summed E-state index contributed by atoms with van der Waals surface area (Å²) in [5, 5.41) is 13.6. The molecule has 0 aliphatic carbocycles. The summed E-state index contributed by atoms with van der Waals surface area (Å²) in [7, 11) is 0. The number of piperazine rings is 1. The highest BCUT2D eigenvalue weighted by Crippen LogP contribution is 2.29. The molecule has 0 amide bonds. The molecular weight excluding hydrogens is 294 g/mol. The van der Waals surface area contributed by atoms with E-state index in [-0.39, 0.29) is 0 Å². The van der Waals surface area contributed by atoms with Gasteiger partial charge in [0.2, 0.25) is 0 Å². The van der Waals surface area contributed by atoms with Crippen LogP contribution in [0.3, 0.4) is 0 Å². The number of hydrogen-bond acceptors (Lipinski definition) is 6. The first-order chi connectivity index (χ1) is 10.8. The third-order valence-corrected chi connectivity index (χ3v) is 4.29. The van der Waals surface area contributed by atoms with E-state index >= 15 is 0 Å². The number of nitrogens with one attached hydrogen (secondary N) is 1. The Kier molecular flexibility index (Phi) is 4.56. The highest BCUT2D eigenvalue weighted by molar-refractivity contribution is 7.98. The van der Waals surface area contributed by atoms with Gasteiger partial charge in [0.25, 0.3) is 0 Å². The van der Waals surface area contributed by atoms with Crippen molar-refractivity contribution in [3.8, 4) is 17.5 Å². The Morgan fingerprint density at radius 3 is 2.55 bits per heavy atom. The summed E-state index contributed by atoms with van der Waals surface area (Å²) >= 11 is 1.49. The molecule has 22 heavy (non-hydrogen) atoms. The average Bonchev–Trinajstić information content (AvgIpc) is 2.62. The van der Waals surface area contributed by atoms with Crippen molar-refractivity contribution in [1.82, 2.24) is 15.3 Å². The molecule has 6 heteroatoms. The zero-order valence-corrected chi connectivity index (χ0v) is 13.2. The molecule has 0 saturated carbocycles. The highest BCUT2D eigenvalue weighted by atomic mass is 32.2. The molecular formula is C16H17N5S. The summed E-state index contributed by atoms with van der Waals surface area (Å²) in [5.74, 6) is 1.43. The van der Waals surface area contributed by atoms with Crippen molar-refractivity contribution >= 4 is 17.6 Å². The molecule has 1 fully saturated rings. The average molecular weight is 311 g/mol. The van der Waals surface area contributed by atoms with Crippen LogP contribution in [0.4, 0.5) is 5.82 Å². The third kappa shape index (κ3) is 2.91. The van der Waals surface area contributed by atoms with E-state index in [4.69, 9.17) is 4.98 Å². The molecule has 1 aromatic carbocycles. The molecule has 0 atom stereocenters. The number of anilines is 1. The Hall–Kier alpha value is -2.10. The van der Waals surface area contributed by atoms with Gasteiger partial charge in [-0.2, -0.15) is 5.26 Å². The normalized spacial score (nSPS) is 14.6. The predicted molar refractivity (Wildman–Crippen MR) is 89.0 cm³/mol. The third-order valence-electron chi connectivity index (χ3n) is 3.61. The fourth-order valence-electron chi connectivity index (χ4n) is 2.50. The summed E-state index contributed by atoms with van der Waals surface area (Å²) in [5.41, 5.74) is 1.55. The Balaban J connectivity index is 2.12. The van der Waals surface area contributed by atoms with Crippen LogP contribution < -0.4 is 10.2 Å². The molecule has 1 aromatic heterocycles. The lowest BCUT2D eigenvalue weighted by atomic mass is 10.2. The van der Waals surface area contributed by atoms with Crippen LogP contribution in [0, 0.1) is 11.3 Å². The number of thioether (sulfide) groups is 1. The molecule has 2 aromatic rings. The van der Waals surface area contributed by atoms with Crippen LogP contribution in [0.25, 0.3) is 11.4 Å². The molecule has 0 spiro atoms. The molecule has 2 heterocycles. The number of aromatic nitrogens is 2. The van der Waals surface area contributed by atoms with Crippen molar-refractivity contribution < 1.29 is 0 Å². The number of rotatable bonds is 3. The molecule has 0 bridgehead atoms. The second-order valence-electron chi connectivity index (χ2n) is 4.97. The van der Waals surface area contributed by atoms with Crippen molar-refractivity contribution in [3.63, 3.8) is 0 Å². The maximum Gasteiger partial charge on any atom is 0.162 e. The maximum absolute atomic E-state index is 9.54. The monoisotopic (exact) mass is 311 g/mol. The maximum atomic E-state index is 9.54. The zero-order chi connectivity index (χ0) is 15.4. The fourth-order valence-corrected chi connectivity index (χ4v) is 3.02. The van der Waals surface area contributed by atoms with E-state index in [9.17, 15) is 5.26 Å². The van der Waals surface area contributed by atoms with Gasteiger partial charge in [-0.15, -0.1) is 11.8 Å². The van der Waals surface area contributed by atoms with Crippen molar-refractivity contribution in [2.75, 3.05) is 37.3 Å². The van der Waals surface area contributed by atoms with E-state index < -0.39 is 0 Å². The van der Waals surface area contributed by atoms with Gasteiger partial charge >= 0.3 is 0 Å². The number of benzene rings is 1. The summed E-state index contributed by atoms with van der Waals surface area (Å²) in [4.78, 5) is 11.4. The Labute approximate surface area is 134 Å². The van der Waals surface area contributed by atoms with E-state index in [0.29, 0.717) is 11.4 Å². The fraction of sp³-hybridized carbons (Fsp3) is 0.312. The second kappa shape index (κ2) is 6.77. The Morgan fingerprint density at radius 2 is 1.91 bits per heavy atom. The summed E-state index contributed by atoms with van der Waals surface area (Å²) < 4.78 is 0. The van der Waals surface area contributed by atoms with Crippen molar-refractivity contribution in [3.05, 3.63) is 35.9 Å². The predicted octanol–water partition coefficient (Wildman–Crippen LogP) is 2.15. The number of hydrogen-bond donors (Lipinski definition) is 1. The molecule has 5 nitrogen and oxygen atoms in total. The van der Waals surface area contributed by atoms with E-state index in [0.717, 1.165) is 42.6 Å². The highest BCUT2D eigenvalue weighted by Gasteiger charge is 2.21. The van der Waals surface area contributed by atoms with Crippen molar-refractivity contribution in [1.29, 1.82) is 5.26 Å². The summed E-state index contributed by atoms with van der Waals surface area (Å²) in [6, 6.07) is 12.2. The molecule has 1 aliphatic rings. The van der Waals surface area contributed by atoms with Gasteiger partial charge in [-0.1, -0.05) is 30.3 Å². The van der Waals surface area contributed by atoms with E-state index in [1.165, 1.54) is 11.8 Å². The smallest absolute Gasteiger partial charge is 0.162 e. The van der Waals surface area contributed by atoms with Crippen LogP contribution in [-0.2, 0) is 0 Å². The van der Waals surface area contributed by atoms with Gasteiger partial charge in [0.15, 0.2) is 11.6 Å². The zero-order valence-electron chi connectivity index (χ0n) is 12.4. The lowest BCUT2D eigenvalue weighted by molar-refractivity contribution is 0.583. The van der Waals surface area contributed by atoms with Crippen LogP contribution >= 0.6 is 11.8 Å². The first-order valence-electron chi connectivity index (χ1n) is 7.20. The molecule has 0 unspecified atom stereocenters. The second-order valence-corrected chi connectivity index (χ2v) is 5.76. The number of nitriles is 1. The van der Waals surface area contributed by atoms with Crippen molar-refractivity contribution in [2.24, 2.45) is 0 Å². The standard InChI is InChI=1S/C16H17N5S/c1-22-16-13(11-17)15(21-9-7-18-8-10-21)19-14(20-16)12-5-3-2-4-6-12/h2-6,18H,7-10H2,1H3. The van der Waals surface area contributed by atoms with E-state index in [1.807, 2.05) is 36.6 Å². The van der Waals surface area contributed by atoms with Crippen LogP contribution in [0.1, 0.15) is 5.56 Å². The lowest BCUT2D eigenvalue weighted by Gasteiger charge is -2.29. The molecule has 1 saturated heterocycles.